The molecular formula is C16H16OS2. The highest BCUT2D eigenvalue weighted by molar-refractivity contribution is 7.99. The average Bonchev–Trinajstić information content (AvgIpc) is 3.04. The molecule has 0 saturated heterocycles. The van der Waals surface area contributed by atoms with Gasteiger partial charge in [0.05, 0.1) is 5.92 Å². The van der Waals surface area contributed by atoms with Crippen LogP contribution in [0.3, 0.4) is 0 Å². The SMILES string of the molecule is CCc1ccc(CC(=O)C2CSc3ccccc32)s1. The Morgan fingerprint density at radius 2 is 2.00 bits per heavy atom. The molecule has 0 N–H and O–H groups in total. The van der Waals surface area contributed by atoms with Crippen LogP contribution >= 0.6 is 23.1 Å². The van der Waals surface area contributed by atoms with Crippen LogP contribution in [-0.4, -0.2) is 11.5 Å². The Hall–Kier alpha value is -1.06. The van der Waals surface area contributed by atoms with Gasteiger partial charge in [-0.1, -0.05) is 25.1 Å². The molecular weight excluding hydrogens is 272 g/mol. The second-order valence-corrected chi connectivity index (χ2v) is 7.08. The fourth-order valence-corrected chi connectivity index (χ4v) is 4.66. The molecule has 0 spiro atoms. The highest BCUT2D eigenvalue weighted by Gasteiger charge is 2.28. The van der Waals surface area contributed by atoms with Crippen LogP contribution in [0.2, 0.25) is 0 Å². The third kappa shape index (κ3) is 2.63. The van der Waals surface area contributed by atoms with Gasteiger partial charge in [-0.15, -0.1) is 23.1 Å². The summed E-state index contributed by atoms with van der Waals surface area (Å²) < 4.78 is 0. The number of carbonyl (C=O) groups excluding carboxylic acids is 1. The van der Waals surface area contributed by atoms with Crippen molar-refractivity contribution in [2.45, 2.75) is 30.6 Å². The van der Waals surface area contributed by atoms with Crippen molar-refractivity contribution in [3.63, 3.8) is 0 Å². The predicted molar refractivity (Wildman–Crippen MR) is 82.3 cm³/mol. The average molecular weight is 288 g/mol. The first kappa shape index (κ1) is 12.9. The molecule has 3 rings (SSSR count). The number of fused-ring (bicyclic) bond motifs is 1. The Morgan fingerprint density at radius 3 is 2.79 bits per heavy atom. The van der Waals surface area contributed by atoms with Crippen molar-refractivity contribution in [3.05, 3.63) is 51.7 Å². The van der Waals surface area contributed by atoms with Gasteiger partial charge in [-0.05, 0) is 30.2 Å². The first-order valence-corrected chi connectivity index (χ1v) is 8.40. The Balaban J connectivity index is 1.75. The first-order chi connectivity index (χ1) is 9.28. The van der Waals surface area contributed by atoms with Gasteiger partial charge in [0, 0.05) is 26.8 Å². The molecule has 1 aliphatic rings. The molecule has 1 aromatic heterocycles. The van der Waals surface area contributed by atoms with Gasteiger partial charge < -0.3 is 0 Å². The predicted octanol–water partition coefficient (Wildman–Crippen LogP) is 4.31. The molecule has 1 aliphatic heterocycles. The van der Waals surface area contributed by atoms with E-state index in [-0.39, 0.29) is 5.92 Å². The summed E-state index contributed by atoms with van der Waals surface area (Å²) >= 11 is 3.58. The number of thiophene rings is 1. The number of benzene rings is 1. The van der Waals surface area contributed by atoms with Crippen LogP contribution in [0.4, 0.5) is 0 Å². The van der Waals surface area contributed by atoms with Crippen molar-refractivity contribution in [2.24, 2.45) is 0 Å². The minimum absolute atomic E-state index is 0.0911. The van der Waals surface area contributed by atoms with Gasteiger partial charge in [0.1, 0.15) is 5.78 Å². The molecule has 3 heteroatoms. The number of carbonyl (C=O) groups is 1. The smallest absolute Gasteiger partial charge is 0.146 e. The van der Waals surface area contributed by atoms with Crippen molar-refractivity contribution in [3.8, 4) is 0 Å². The third-order valence-electron chi connectivity index (χ3n) is 3.50. The summed E-state index contributed by atoms with van der Waals surface area (Å²) in [6.45, 7) is 2.15. The van der Waals surface area contributed by atoms with E-state index in [4.69, 9.17) is 0 Å². The zero-order valence-corrected chi connectivity index (χ0v) is 12.5. The first-order valence-electron chi connectivity index (χ1n) is 6.60. The summed E-state index contributed by atoms with van der Waals surface area (Å²) in [5, 5.41) is 0. The zero-order chi connectivity index (χ0) is 13.2. The number of rotatable bonds is 4. The van der Waals surface area contributed by atoms with Crippen LogP contribution in [0, 0.1) is 0 Å². The fourth-order valence-electron chi connectivity index (χ4n) is 2.43. The minimum Gasteiger partial charge on any atom is -0.299 e. The molecule has 1 aromatic carbocycles. The summed E-state index contributed by atoms with van der Waals surface area (Å²) in [7, 11) is 0. The molecule has 0 aliphatic carbocycles. The molecule has 1 nitrogen and oxygen atoms in total. The quantitative estimate of drug-likeness (QED) is 0.834. The molecule has 2 aromatic rings. The van der Waals surface area contributed by atoms with Crippen molar-refractivity contribution in [2.75, 3.05) is 5.75 Å². The van der Waals surface area contributed by atoms with Crippen LogP contribution in [0.1, 0.15) is 28.2 Å². The van der Waals surface area contributed by atoms with Crippen molar-refractivity contribution < 1.29 is 4.79 Å². The summed E-state index contributed by atoms with van der Waals surface area (Å²) in [5.41, 5.74) is 1.23. The van der Waals surface area contributed by atoms with E-state index in [1.165, 1.54) is 20.2 Å². The molecule has 1 unspecified atom stereocenters. The van der Waals surface area contributed by atoms with Gasteiger partial charge in [0.2, 0.25) is 0 Å². The lowest BCUT2D eigenvalue weighted by Gasteiger charge is -2.08. The lowest BCUT2D eigenvalue weighted by Crippen LogP contribution is -2.14. The lowest BCUT2D eigenvalue weighted by molar-refractivity contribution is -0.119. The number of ketones is 1. The Kier molecular flexibility index (Phi) is 3.76. The largest absolute Gasteiger partial charge is 0.299 e. The van der Waals surface area contributed by atoms with Crippen LogP contribution in [0.15, 0.2) is 41.3 Å². The van der Waals surface area contributed by atoms with E-state index in [2.05, 4.69) is 31.2 Å². The summed E-state index contributed by atoms with van der Waals surface area (Å²) in [5.74, 6) is 1.36. The number of Topliss-reactive ketones (excluding diaryl/α,β-unsaturated/α-hetero) is 1. The van der Waals surface area contributed by atoms with Crippen molar-refractivity contribution >= 4 is 28.9 Å². The van der Waals surface area contributed by atoms with E-state index in [0.29, 0.717) is 12.2 Å². The molecule has 0 radical (unpaired) electrons. The van der Waals surface area contributed by atoms with E-state index in [1.807, 2.05) is 23.9 Å². The van der Waals surface area contributed by atoms with Gasteiger partial charge >= 0.3 is 0 Å². The maximum atomic E-state index is 12.5. The molecule has 0 bridgehead atoms. The van der Waals surface area contributed by atoms with Crippen molar-refractivity contribution in [1.29, 1.82) is 0 Å². The lowest BCUT2D eigenvalue weighted by atomic mass is 9.95. The van der Waals surface area contributed by atoms with E-state index in [0.717, 1.165) is 12.2 Å². The van der Waals surface area contributed by atoms with Gasteiger partial charge in [-0.3, -0.25) is 4.79 Å². The standard InChI is InChI=1S/C16H16OS2/c1-2-11-7-8-12(19-11)9-15(17)14-10-18-16-6-4-3-5-13(14)16/h3-8,14H,2,9-10H2,1H3. The van der Waals surface area contributed by atoms with Gasteiger partial charge in [-0.25, -0.2) is 0 Å². The minimum atomic E-state index is 0.0911. The Morgan fingerprint density at radius 1 is 1.21 bits per heavy atom. The Bertz CT molecular complexity index is 600. The van der Waals surface area contributed by atoms with E-state index < -0.39 is 0 Å². The normalized spacial score (nSPS) is 17.4. The van der Waals surface area contributed by atoms with Crippen LogP contribution in [0.25, 0.3) is 0 Å². The topological polar surface area (TPSA) is 17.1 Å². The summed E-state index contributed by atoms with van der Waals surface area (Å²) in [6, 6.07) is 12.5. The Labute approximate surface area is 122 Å². The molecule has 2 heterocycles. The number of thioether (sulfide) groups is 1. The van der Waals surface area contributed by atoms with Gasteiger partial charge in [-0.2, -0.15) is 0 Å². The van der Waals surface area contributed by atoms with Crippen molar-refractivity contribution in [1.82, 2.24) is 0 Å². The molecule has 19 heavy (non-hydrogen) atoms. The van der Waals surface area contributed by atoms with E-state index in [9.17, 15) is 4.79 Å². The third-order valence-corrected chi connectivity index (χ3v) is 5.92. The number of hydrogen-bond donors (Lipinski definition) is 0. The summed E-state index contributed by atoms with van der Waals surface area (Å²) in [6.07, 6.45) is 1.64. The monoisotopic (exact) mass is 288 g/mol. The highest BCUT2D eigenvalue weighted by Crippen LogP contribution is 2.40. The van der Waals surface area contributed by atoms with Crippen LogP contribution in [0.5, 0.6) is 0 Å². The molecule has 0 amide bonds. The number of aryl methyl sites for hydroxylation is 1. The van der Waals surface area contributed by atoms with Crippen LogP contribution in [-0.2, 0) is 17.6 Å². The highest BCUT2D eigenvalue weighted by atomic mass is 32.2. The number of hydrogen-bond acceptors (Lipinski definition) is 3. The van der Waals surface area contributed by atoms with Gasteiger partial charge in [0.15, 0.2) is 0 Å². The maximum Gasteiger partial charge on any atom is 0.146 e. The second-order valence-electron chi connectivity index (χ2n) is 4.77. The molecule has 0 fully saturated rings. The zero-order valence-electron chi connectivity index (χ0n) is 10.9. The second kappa shape index (κ2) is 5.51. The fraction of sp³-hybridized carbons (Fsp3) is 0.312. The van der Waals surface area contributed by atoms with Gasteiger partial charge in [0.25, 0.3) is 0 Å². The van der Waals surface area contributed by atoms with E-state index in [1.54, 1.807) is 11.3 Å². The summed E-state index contributed by atoms with van der Waals surface area (Å²) in [4.78, 5) is 16.3. The molecule has 0 saturated carbocycles. The molecule has 1 atom stereocenters. The molecule has 98 valence electrons. The van der Waals surface area contributed by atoms with Crippen LogP contribution < -0.4 is 0 Å². The van der Waals surface area contributed by atoms with E-state index >= 15 is 0 Å². The maximum absolute atomic E-state index is 12.5.